The lowest BCUT2D eigenvalue weighted by Crippen LogP contribution is -2.28. The van der Waals surface area contributed by atoms with Crippen molar-refractivity contribution >= 4 is 21.6 Å². The van der Waals surface area contributed by atoms with E-state index in [1.807, 2.05) is 0 Å². The molecule has 0 radical (unpaired) electrons. The summed E-state index contributed by atoms with van der Waals surface area (Å²) in [6.45, 7) is -0.293. The maximum absolute atomic E-state index is 13.3. The van der Waals surface area contributed by atoms with E-state index >= 15 is 0 Å². The number of hydrogen-bond donors (Lipinski definition) is 2. The minimum Gasteiger partial charge on any atom is -0.387 e. The number of aliphatic hydroxyl groups is 1. The first-order chi connectivity index (χ1) is 9.79. The summed E-state index contributed by atoms with van der Waals surface area (Å²) in [5, 5.41) is 13.6. The van der Waals surface area contributed by atoms with Crippen molar-refractivity contribution in [1.82, 2.24) is 14.5 Å². The summed E-state index contributed by atoms with van der Waals surface area (Å²) < 4.78 is 40.7. The van der Waals surface area contributed by atoms with Crippen molar-refractivity contribution in [2.24, 2.45) is 7.05 Å². The number of sulfonamides is 1. The van der Waals surface area contributed by atoms with Crippen LogP contribution in [0, 0.1) is 5.82 Å². The largest absolute Gasteiger partial charge is 0.387 e. The smallest absolute Gasteiger partial charge is 0.243 e. The number of aryl methyl sites for hydroxylation is 1. The molecule has 0 aliphatic rings. The summed E-state index contributed by atoms with van der Waals surface area (Å²) in [7, 11) is -2.19. The molecule has 0 saturated heterocycles. The lowest BCUT2D eigenvalue weighted by Gasteiger charge is -2.12. The number of nitrogens with one attached hydrogen (secondary N) is 1. The van der Waals surface area contributed by atoms with Gasteiger partial charge in [-0.2, -0.15) is 5.10 Å². The molecule has 0 amide bonds. The highest BCUT2D eigenvalue weighted by atomic mass is 35.5. The number of hydrogen-bond acceptors (Lipinski definition) is 4. The standard InChI is InChI=1S/C12H13ClFN3O3S/c1-17-7-9(5-15-17)21(19,20)16-6-12(18)8-2-3-10(13)11(14)4-8/h2-5,7,12,16,18H,6H2,1H3. The molecule has 1 heterocycles. The van der Waals surface area contributed by atoms with Crippen LogP contribution in [0.2, 0.25) is 5.02 Å². The second-order valence-corrected chi connectivity index (χ2v) is 6.57. The van der Waals surface area contributed by atoms with Crippen molar-refractivity contribution in [2.75, 3.05) is 6.54 Å². The van der Waals surface area contributed by atoms with Crippen LogP contribution in [-0.4, -0.2) is 29.8 Å². The number of halogens is 2. The Labute approximate surface area is 126 Å². The van der Waals surface area contributed by atoms with E-state index in [0.717, 1.165) is 6.07 Å². The second-order valence-electron chi connectivity index (χ2n) is 4.39. The molecule has 2 rings (SSSR count). The minimum atomic E-state index is -3.77. The highest BCUT2D eigenvalue weighted by molar-refractivity contribution is 7.89. The molecule has 0 aliphatic heterocycles. The van der Waals surface area contributed by atoms with Crippen molar-refractivity contribution in [3.63, 3.8) is 0 Å². The number of aliphatic hydroxyl groups excluding tert-OH is 1. The van der Waals surface area contributed by atoms with Crippen molar-refractivity contribution in [1.29, 1.82) is 0 Å². The zero-order chi connectivity index (χ0) is 15.6. The van der Waals surface area contributed by atoms with Gasteiger partial charge in [-0.15, -0.1) is 0 Å². The van der Waals surface area contributed by atoms with Gasteiger partial charge in [-0.3, -0.25) is 4.68 Å². The van der Waals surface area contributed by atoms with Crippen molar-refractivity contribution in [2.45, 2.75) is 11.0 Å². The van der Waals surface area contributed by atoms with Crippen LogP contribution in [0.3, 0.4) is 0 Å². The molecule has 0 spiro atoms. The van der Waals surface area contributed by atoms with Crippen LogP contribution in [0.5, 0.6) is 0 Å². The van der Waals surface area contributed by atoms with Crippen molar-refractivity contribution < 1.29 is 17.9 Å². The number of aromatic nitrogens is 2. The van der Waals surface area contributed by atoms with E-state index in [1.54, 1.807) is 7.05 Å². The maximum Gasteiger partial charge on any atom is 0.243 e. The first-order valence-electron chi connectivity index (χ1n) is 5.91. The summed E-state index contributed by atoms with van der Waals surface area (Å²) in [4.78, 5) is -0.0144. The fourth-order valence-corrected chi connectivity index (χ4v) is 2.79. The quantitative estimate of drug-likeness (QED) is 0.861. The average Bonchev–Trinajstić information content (AvgIpc) is 2.87. The highest BCUT2D eigenvalue weighted by Crippen LogP contribution is 2.20. The average molecular weight is 334 g/mol. The Morgan fingerprint density at radius 1 is 1.52 bits per heavy atom. The van der Waals surface area contributed by atoms with E-state index in [1.165, 1.54) is 29.2 Å². The molecule has 2 N–H and O–H groups in total. The van der Waals surface area contributed by atoms with Gasteiger partial charge in [0.1, 0.15) is 10.7 Å². The zero-order valence-corrected chi connectivity index (χ0v) is 12.6. The third-order valence-corrected chi connectivity index (χ3v) is 4.47. The first-order valence-corrected chi connectivity index (χ1v) is 7.77. The Balaban J connectivity index is 2.06. The van der Waals surface area contributed by atoms with E-state index in [2.05, 4.69) is 9.82 Å². The molecule has 21 heavy (non-hydrogen) atoms. The van der Waals surface area contributed by atoms with E-state index < -0.39 is 21.9 Å². The fraction of sp³-hybridized carbons (Fsp3) is 0.250. The van der Waals surface area contributed by atoms with Gasteiger partial charge in [0.2, 0.25) is 10.0 Å². The SMILES string of the molecule is Cn1cc(S(=O)(=O)NCC(O)c2ccc(Cl)c(F)c2)cn1. The van der Waals surface area contributed by atoms with E-state index in [4.69, 9.17) is 11.6 Å². The Hall–Kier alpha value is -1.48. The van der Waals surface area contributed by atoms with Crippen molar-refractivity contribution in [3.05, 3.63) is 47.0 Å². The van der Waals surface area contributed by atoms with E-state index in [-0.39, 0.29) is 22.0 Å². The molecule has 1 atom stereocenters. The van der Waals surface area contributed by atoms with Gasteiger partial charge >= 0.3 is 0 Å². The maximum atomic E-state index is 13.3. The Kier molecular flexibility index (Phi) is 4.62. The number of nitrogens with zero attached hydrogens (tertiary/aromatic N) is 2. The van der Waals surface area contributed by atoms with Gasteiger partial charge in [-0.1, -0.05) is 17.7 Å². The van der Waals surface area contributed by atoms with Crippen LogP contribution in [0.15, 0.2) is 35.5 Å². The lowest BCUT2D eigenvalue weighted by atomic mass is 10.1. The molecule has 0 aliphatic carbocycles. The summed E-state index contributed by atoms with van der Waals surface area (Å²) in [6, 6.07) is 3.78. The Morgan fingerprint density at radius 2 is 2.24 bits per heavy atom. The first kappa shape index (κ1) is 15.9. The van der Waals surface area contributed by atoms with Crippen LogP contribution in [-0.2, 0) is 17.1 Å². The molecule has 2 aromatic rings. The van der Waals surface area contributed by atoms with Gasteiger partial charge < -0.3 is 5.11 Å². The summed E-state index contributed by atoms with van der Waals surface area (Å²) in [6.07, 6.45) is 1.33. The molecule has 0 saturated carbocycles. The van der Waals surface area contributed by atoms with Gasteiger partial charge in [0.15, 0.2) is 0 Å². The summed E-state index contributed by atoms with van der Waals surface area (Å²) >= 11 is 5.54. The summed E-state index contributed by atoms with van der Waals surface area (Å²) in [5.74, 6) is -0.677. The molecular weight excluding hydrogens is 321 g/mol. The highest BCUT2D eigenvalue weighted by Gasteiger charge is 2.18. The third-order valence-electron chi connectivity index (χ3n) is 2.79. The van der Waals surface area contributed by atoms with Gasteiger partial charge in [-0.25, -0.2) is 17.5 Å². The van der Waals surface area contributed by atoms with Crippen LogP contribution in [0.25, 0.3) is 0 Å². The monoisotopic (exact) mass is 333 g/mol. The van der Waals surface area contributed by atoms with Crippen molar-refractivity contribution in [3.8, 4) is 0 Å². The summed E-state index contributed by atoms with van der Waals surface area (Å²) in [5.41, 5.74) is 0.228. The van der Waals surface area contributed by atoms with E-state index in [0.29, 0.717) is 0 Å². The predicted molar refractivity (Wildman–Crippen MR) is 74.8 cm³/mol. The van der Waals surface area contributed by atoms with Gasteiger partial charge in [0.25, 0.3) is 0 Å². The van der Waals surface area contributed by atoms with Gasteiger partial charge in [0, 0.05) is 19.8 Å². The normalized spacial score (nSPS) is 13.3. The van der Waals surface area contributed by atoms with Crippen LogP contribution < -0.4 is 4.72 Å². The zero-order valence-electron chi connectivity index (χ0n) is 11.0. The predicted octanol–water partition coefficient (Wildman–Crippen LogP) is 1.22. The molecular formula is C12H13ClFN3O3S. The molecule has 1 unspecified atom stereocenters. The van der Waals surface area contributed by atoms with Gasteiger partial charge in [0.05, 0.1) is 17.3 Å². The van der Waals surface area contributed by atoms with E-state index in [9.17, 15) is 17.9 Å². The number of rotatable bonds is 5. The molecule has 0 fully saturated rings. The molecule has 1 aromatic heterocycles. The second kappa shape index (κ2) is 6.10. The fourth-order valence-electron chi connectivity index (χ4n) is 1.65. The van der Waals surface area contributed by atoms with Crippen LogP contribution in [0.1, 0.15) is 11.7 Å². The van der Waals surface area contributed by atoms with Gasteiger partial charge in [-0.05, 0) is 17.7 Å². The molecule has 6 nitrogen and oxygen atoms in total. The van der Waals surface area contributed by atoms with Crippen LogP contribution in [0.4, 0.5) is 4.39 Å². The topological polar surface area (TPSA) is 84.2 Å². The minimum absolute atomic E-state index is 0.0144. The number of benzene rings is 1. The molecule has 9 heteroatoms. The molecule has 114 valence electrons. The Bertz CT molecular complexity index is 748. The molecule has 1 aromatic carbocycles. The lowest BCUT2D eigenvalue weighted by molar-refractivity contribution is 0.181. The Morgan fingerprint density at radius 3 is 2.81 bits per heavy atom. The third kappa shape index (κ3) is 3.79. The molecule has 0 bridgehead atoms. The van der Waals surface area contributed by atoms with Crippen LogP contribution >= 0.6 is 11.6 Å².